The smallest absolute Gasteiger partial charge is 0.262 e. The molecule has 4 rings (SSSR count). The predicted octanol–water partition coefficient (Wildman–Crippen LogP) is 4.61. The third-order valence-corrected chi connectivity index (χ3v) is 6.06. The summed E-state index contributed by atoms with van der Waals surface area (Å²) in [5.74, 6) is 2.42. The maximum Gasteiger partial charge on any atom is 0.262 e. The van der Waals surface area contributed by atoms with Crippen LogP contribution in [0, 0.1) is 12.8 Å². The minimum Gasteiger partial charge on any atom is -0.484 e. The Hall–Kier alpha value is -2.86. The molecule has 1 amide bonds. The van der Waals surface area contributed by atoms with Crippen LogP contribution in [-0.4, -0.2) is 40.1 Å². The van der Waals surface area contributed by atoms with E-state index in [2.05, 4.69) is 28.6 Å². The standard InChI is InChI=1S/C25H32N4O2/c1-4-29-23-10-7-20(26-25(30)17-31-21-8-5-18(2)6-9-21)15-22(23)27-24(29)16-28-13-11-19(3)12-14-28/h5-10,15,19H,4,11-14,16-17H2,1-3H3,(H,26,30). The molecule has 0 saturated carbocycles. The normalized spacial score (nSPS) is 15.3. The van der Waals surface area contributed by atoms with Crippen molar-refractivity contribution in [3.05, 3.63) is 53.9 Å². The molecule has 2 heterocycles. The highest BCUT2D eigenvalue weighted by molar-refractivity contribution is 5.94. The summed E-state index contributed by atoms with van der Waals surface area (Å²) < 4.78 is 7.86. The number of benzene rings is 2. The number of anilines is 1. The van der Waals surface area contributed by atoms with Gasteiger partial charge in [0, 0.05) is 12.2 Å². The SMILES string of the molecule is CCn1c(CN2CCC(C)CC2)nc2cc(NC(=O)COc3ccc(C)cc3)ccc21. The molecule has 1 N–H and O–H groups in total. The van der Waals surface area contributed by atoms with Gasteiger partial charge in [-0.05, 0) is 76.0 Å². The number of ether oxygens (including phenoxy) is 1. The molecule has 6 heteroatoms. The lowest BCUT2D eigenvalue weighted by atomic mass is 9.99. The summed E-state index contributed by atoms with van der Waals surface area (Å²) in [7, 11) is 0. The van der Waals surface area contributed by atoms with Crippen LogP contribution in [0.4, 0.5) is 5.69 Å². The van der Waals surface area contributed by atoms with Gasteiger partial charge in [0.15, 0.2) is 6.61 Å². The lowest BCUT2D eigenvalue weighted by Gasteiger charge is -2.29. The van der Waals surface area contributed by atoms with Crippen molar-refractivity contribution >= 4 is 22.6 Å². The van der Waals surface area contributed by atoms with E-state index in [1.807, 2.05) is 49.4 Å². The molecule has 3 aromatic rings. The molecule has 0 atom stereocenters. The summed E-state index contributed by atoms with van der Waals surface area (Å²) in [6.07, 6.45) is 2.51. The third kappa shape index (κ3) is 5.25. The van der Waals surface area contributed by atoms with Crippen LogP contribution in [-0.2, 0) is 17.9 Å². The quantitative estimate of drug-likeness (QED) is 0.606. The Morgan fingerprint density at radius 1 is 1.16 bits per heavy atom. The van der Waals surface area contributed by atoms with Gasteiger partial charge in [0.05, 0.1) is 17.6 Å². The highest BCUT2D eigenvalue weighted by Gasteiger charge is 2.19. The van der Waals surface area contributed by atoms with Gasteiger partial charge >= 0.3 is 0 Å². The fourth-order valence-corrected chi connectivity index (χ4v) is 4.13. The Morgan fingerprint density at radius 2 is 1.90 bits per heavy atom. The Kier molecular flexibility index (Phi) is 6.56. The van der Waals surface area contributed by atoms with Crippen molar-refractivity contribution < 1.29 is 9.53 Å². The second kappa shape index (κ2) is 9.52. The van der Waals surface area contributed by atoms with E-state index in [0.29, 0.717) is 5.75 Å². The molecule has 0 unspecified atom stereocenters. The first-order valence-electron chi connectivity index (χ1n) is 11.2. The molecule has 0 spiro atoms. The minimum absolute atomic E-state index is 0.0247. The number of fused-ring (bicyclic) bond motifs is 1. The summed E-state index contributed by atoms with van der Waals surface area (Å²) in [6, 6.07) is 13.6. The minimum atomic E-state index is -0.183. The van der Waals surface area contributed by atoms with Crippen molar-refractivity contribution in [2.24, 2.45) is 5.92 Å². The number of carbonyl (C=O) groups is 1. The van der Waals surface area contributed by atoms with Crippen molar-refractivity contribution in [3.63, 3.8) is 0 Å². The first-order valence-corrected chi connectivity index (χ1v) is 11.2. The highest BCUT2D eigenvalue weighted by Crippen LogP contribution is 2.23. The Labute approximate surface area is 184 Å². The van der Waals surface area contributed by atoms with Crippen LogP contribution in [0.3, 0.4) is 0 Å². The zero-order chi connectivity index (χ0) is 21.8. The van der Waals surface area contributed by atoms with E-state index in [0.717, 1.165) is 60.2 Å². The van der Waals surface area contributed by atoms with Gasteiger partial charge in [0.1, 0.15) is 11.6 Å². The molecule has 0 aliphatic carbocycles. The molecule has 164 valence electrons. The predicted molar refractivity (Wildman–Crippen MR) is 124 cm³/mol. The number of carbonyl (C=O) groups excluding carboxylic acids is 1. The van der Waals surface area contributed by atoms with Crippen LogP contribution in [0.5, 0.6) is 5.75 Å². The maximum absolute atomic E-state index is 12.3. The number of aryl methyl sites for hydroxylation is 2. The van der Waals surface area contributed by atoms with Gasteiger partial charge in [-0.3, -0.25) is 9.69 Å². The van der Waals surface area contributed by atoms with Crippen molar-refractivity contribution in [1.82, 2.24) is 14.5 Å². The number of amides is 1. The molecular formula is C25H32N4O2. The Morgan fingerprint density at radius 3 is 2.61 bits per heavy atom. The molecule has 2 aromatic carbocycles. The van der Waals surface area contributed by atoms with Crippen LogP contribution in [0.2, 0.25) is 0 Å². The zero-order valence-corrected chi connectivity index (χ0v) is 18.7. The van der Waals surface area contributed by atoms with E-state index in [1.54, 1.807) is 0 Å². The van der Waals surface area contributed by atoms with Crippen LogP contribution < -0.4 is 10.1 Å². The van der Waals surface area contributed by atoms with Crippen molar-refractivity contribution in [2.45, 2.75) is 46.7 Å². The number of piperidine rings is 1. The van der Waals surface area contributed by atoms with Gasteiger partial charge in [0.25, 0.3) is 5.91 Å². The molecular weight excluding hydrogens is 388 g/mol. The fraction of sp³-hybridized carbons (Fsp3) is 0.440. The van der Waals surface area contributed by atoms with Gasteiger partial charge in [-0.1, -0.05) is 24.6 Å². The second-order valence-corrected chi connectivity index (χ2v) is 8.58. The number of hydrogen-bond acceptors (Lipinski definition) is 4. The van der Waals surface area contributed by atoms with E-state index in [9.17, 15) is 4.79 Å². The van der Waals surface area contributed by atoms with Crippen molar-refractivity contribution in [3.8, 4) is 5.75 Å². The monoisotopic (exact) mass is 420 g/mol. The molecule has 1 aromatic heterocycles. The van der Waals surface area contributed by atoms with Crippen molar-refractivity contribution in [2.75, 3.05) is 25.0 Å². The molecule has 6 nitrogen and oxygen atoms in total. The lowest BCUT2D eigenvalue weighted by molar-refractivity contribution is -0.118. The van der Waals surface area contributed by atoms with Crippen molar-refractivity contribution in [1.29, 1.82) is 0 Å². The largest absolute Gasteiger partial charge is 0.484 e. The van der Waals surface area contributed by atoms with E-state index in [4.69, 9.17) is 9.72 Å². The molecule has 1 saturated heterocycles. The number of aromatic nitrogens is 2. The Bertz CT molecular complexity index is 1030. The number of nitrogens with zero attached hydrogens (tertiary/aromatic N) is 3. The van der Waals surface area contributed by atoms with Crippen LogP contribution in [0.1, 0.15) is 38.1 Å². The number of nitrogens with one attached hydrogen (secondary N) is 1. The topological polar surface area (TPSA) is 59.4 Å². The van der Waals surface area contributed by atoms with E-state index in [-0.39, 0.29) is 12.5 Å². The molecule has 0 bridgehead atoms. The van der Waals surface area contributed by atoms with Gasteiger partial charge in [-0.15, -0.1) is 0 Å². The van der Waals surface area contributed by atoms with Crippen LogP contribution in [0.15, 0.2) is 42.5 Å². The fourth-order valence-electron chi connectivity index (χ4n) is 4.13. The summed E-state index contributed by atoms with van der Waals surface area (Å²) in [5.41, 5.74) is 3.92. The van der Waals surface area contributed by atoms with Gasteiger partial charge in [-0.2, -0.15) is 0 Å². The summed E-state index contributed by atoms with van der Waals surface area (Å²) in [5, 5.41) is 2.93. The van der Waals surface area contributed by atoms with Gasteiger partial charge in [-0.25, -0.2) is 4.98 Å². The van der Waals surface area contributed by atoms with E-state index < -0.39 is 0 Å². The summed E-state index contributed by atoms with van der Waals surface area (Å²) in [6.45, 7) is 10.5. The van der Waals surface area contributed by atoms with Gasteiger partial charge in [0.2, 0.25) is 0 Å². The molecule has 31 heavy (non-hydrogen) atoms. The number of hydrogen-bond donors (Lipinski definition) is 1. The second-order valence-electron chi connectivity index (χ2n) is 8.58. The van der Waals surface area contributed by atoms with Crippen LogP contribution >= 0.6 is 0 Å². The first-order chi connectivity index (χ1) is 15.0. The number of imidazole rings is 1. The molecule has 1 aliphatic heterocycles. The summed E-state index contributed by atoms with van der Waals surface area (Å²) >= 11 is 0. The molecule has 1 aliphatic rings. The lowest BCUT2D eigenvalue weighted by Crippen LogP contribution is -2.33. The zero-order valence-electron chi connectivity index (χ0n) is 18.7. The van der Waals surface area contributed by atoms with Crippen LogP contribution in [0.25, 0.3) is 11.0 Å². The number of likely N-dealkylation sites (tertiary alicyclic amines) is 1. The maximum atomic E-state index is 12.3. The third-order valence-electron chi connectivity index (χ3n) is 6.06. The Balaban J connectivity index is 1.42. The molecule has 1 fully saturated rings. The average molecular weight is 421 g/mol. The summed E-state index contributed by atoms with van der Waals surface area (Å²) in [4.78, 5) is 19.7. The highest BCUT2D eigenvalue weighted by atomic mass is 16.5. The first kappa shape index (κ1) is 21.4. The van der Waals surface area contributed by atoms with Gasteiger partial charge < -0.3 is 14.6 Å². The average Bonchev–Trinajstić information content (AvgIpc) is 3.11. The number of rotatable bonds is 7. The van der Waals surface area contributed by atoms with E-state index >= 15 is 0 Å². The molecule has 0 radical (unpaired) electrons. The van der Waals surface area contributed by atoms with E-state index in [1.165, 1.54) is 12.8 Å².